The molecule has 0 spiro atoms. The Labute approximate surface area is 188 Å². The van der Waals surface area contributed by atoms with E-state index in [4.69, 9.17) is 4.98 Å². The molecule has 2 aliphatic carbocycles. The van der Waals surface area contributed by atoms with Gasteiger partial charge in [0.15, 0.2) is 6.04 Å². The van der Waals surface area contributed by atoms with E-state index in [1.807, 2.05) is 0 Å². The van der Waals surface area contributed by atoms with Crippen molar-refractivity contribution in [2.24, 2.45) is 5.41 Å². The van der Waals surface area contributed by atoms with E-state index in [2.05, 4.69) is 87.7 Å². The van der Waals surface area contributed by atoms with Gasteiger partial charge in [-0.3, -0.25) is 0 Å². The Morgan fingerprint density at radius 3 is 2.59 bits per heavy atom. The van der Waals surface area contributed by atoms with Crippen molar-refractivity contribution in [3.05, 3.63) is 70.9 Å². The highest BCUT2D eigenvalue weighted by molar-refractivity contribution is 6.04. The smallest absolute Gasteiger partial charge is 0.236 e. The average molecular weight is 422 g/mol. The van der Waals surface area contributed by atoms with E-state index in [0.29, 0.717) is 0 Å². The van der Waals surface area contributed by atoms with E-state index in [9.17, 15) is 5.11 Å². The van der Waals surface area contributed by atoms with Crippen LogP contribution in [0.5, 0.6) is 0 Å². The summed E-state index contributed by atoms with van der Waals surface area (Å²) < 4.78 is 2.46. The minimum absolute atomic E-state index is 0.102. The van der Waals surface area contributed by atoms with Crippen LogP contribution in [-0.4, -0.2) is 16.2 Å². The second kappa shape index (κ2) is 5.58. The van der Waals surface area contributed by atoms with Crippen LogP contribution in [-0.2, 0) is 11.8 Å². The fourth-order valence-electron chi connectivity index (χ4n) is 6.54. The first-order valence-corrected chi connectivity index (χ1v) is 11.8. The largest absolute Gasteiger partial charge is 0.385 e. The van der Waals surface area contributed by atoms with E-state index in [-0.39, 0.29) is 28.9 Å². The molecule has 0 bridgehead atoms. The van der Waals surface area contributed by atoms with E-state index in [1.165, 1.54) is 38.7 Å². The number of aliphatic hydroxyl groups is 1. The summed E-state index contributed by atoms with van der Waals surface area (Å²) in [5.41, 5.74) is 9.85. The quantitative estimate of drug-likeness (QED) is 0.407. The van der Waals surface area contributed by atoms with Crippen LogP contribution in [0.4, 0.5) is 0 Å². The summed E-state index contributed by atoms with van der Waals surface area (Å²) in [5.74, 6) is 0.172. The summed E-state index contributed by atoms with van der Waals surface area (Å²) in [6, 6.07) is 17.9. The van der Waals surface area contributed by atoms with Crippen LogP contribution in [0.25, 0.3) is 33.1 Å². The van der Waals surface area contributed by atoms with Gasteiger partial charge in [-0.25, -0.2) is 4.98 Å². The van der Waals surface area contributed by atoms with Crippen molar-refractivity contribution < 1.29 is 9.67 Å². The third-order valence-electron chi connectivity index (χ3n) is 7.95. The van der Waals surface area contributed by atoms with Crippen molar-refractivity contribution in [1.82, 2.24) is 4.98 Å². The molecule has 3 aliphatic rings. The third kappa shape index (κ3) is 2.15. The Hall–Kier alpha value is -2.78. The zero-order valence-electron chi connectivity index (χ0n) is 19.4. The van der Waals surface area contributed by atoms with Crippen molar-refractivity contribution in [1.29, 1.82) is 0 Å². The fraction of sp³-hybridized carbons (Fsp3) is 0.379. The zero-order chi connectivity index (χ0) is 22.2. The number of hydrogen-bond donors (Lipinski definition) is 1. The first kappa shape index (κ1) is 18.8. The summed E-state index contributed by atoms with van der Waals surface area (Å²) in [5, 5.41) is 13.7. The predicted octanol–water partition coefficient (Wildman–Crippen LogP) is 5.58. The Morgan fingerprint density at radius 2 is 1.81 bits per heavy atom. The Morgan fingerprint density at radius 1 is 1.03 bits per heavy atom. The number of para-hydroxylation sites is 1. The molecule has 1 N–H and O–H groups in total. The van der Waals surface area contributed by atoms with E-state index < -0.39 is 0 Å². The van der Waals surface area contributed by atoms with Gasteiger partial charge in [-0.1, -0.05) is 63.2 Å². The summed E-state index contributed by atoms with van der Waals surface area (Å²) >= 11 is 0. The molecule has 1 saturated carbocycles. The fourth-order valence-corrected chi connectivity index (χ4v) is 6.54. The molecular weight excluding hydrogens is 392 g/mol. The number of rotatable bonds is 1. The first-order valence-electron chi connectivity index (χ1n) is 11.8. The van der Waals surface area contributed by atoms with Crippen molar-refractivity contribution >= 4 is 21.8 Å². The molecular formula is C29H29N2O+. The maximum Gasteiger partial charge on any atom is 0.236 e. The minimum atomic E-state index is -0.337. The van der Waals surface area contributed by atoms with Crippen molar-refractivity contribution in [3.8, 4) is 11.3 Å². The Kier molecular flexibility index (Phi) is 3.27. The lowest BCUT2D eigenvalue weighted by Gasteiger charge is -2.34. The van der Waals surface area contributed by atoms with Crippen molar-refractivity contribution in [2.45, 2.75) is 64.5 Å². The van der Waals surface area contributed by atoms with Gasteiger partial charge in [0.05, 0.1) is 11.5 Å². The van der Waals surface area contributed by atoms with Crippen LogP contribution in [0.3, 0.4) is 0 Å². The molecule has 160 valence electrons. The van der Waals surface area contributed by atoms with Crippen LogP contribution in [0, 0.1) is 5.41 Å². The van der Waals surface area contributed by atoms with Gasteiger partial charge in [-0.05, 0) is 47.8 Å². The molecule has 0 amide bonds. The van der Waals surface area contributed by atoms with Crippen molar-refractivity contribution in [3.63, 3.8) is 0 Å². The Balaban J connectivity index is 1.69. The topological polar surface area (TPSA) is 37.0 Å². The molecule has 0 radical (unpaired) electrons. The highest BCUT2D eigenvalue weighted by Gasteiger charge is 2.65. The second-order valence-electron chi connectivity index (χ2n) is 11.8. The molecule has 3 nitrogen and oxygen atoms in total. The van der Waals surface area contributed by atoms with Gasteiger partial charge in [-0.15, -0.1) is 0 Å². The van der Waals surface area contributed by atoms with Gasteiger partial charge in [0.25, 0.3) is 0 Å². The summed E-state index contributed by atoms with van der Waals surface area (Å²) in [6.45, 7) is 11.5. The van der Waals surface area contributed by atoms with Crippen LogP contribution >= 0.6 is 0 Å². The third-order valence-corrected chi connectivity index (χ3v) is 7.95. The van der Waals surface area contributed by atoms with Crippen LogP contribution in [0.2, 0.25) is 0 Å². The molecule has 3 heteroatoms. The van der Waals surface area contributed by atoms with Crippen LogP contribution in [0.1, 0.15) is 69.0 Å². The Bertz CT molecular complexity index is 1490. The SMILES string of the molecule is CC(C)(C)Cc1cccc2c1nc1c3[n+]2C2C(O)C2c2ccc4cccc(c4c2-3)C1(C)C. The number of nitrogens with zero attached hydrogens (tertiary/aromatic N) is 2. The molecule has 7 rings (SSSR count). The van der Waals surface area contributed by atoms with Gasteiger partial charge in [0, 0.05) is 16.9 Å². The normalized spacial score (nSPS) is 24.0. The second-order valence-corrected chi connectivity index (χ2v) is 11.8. The average Bonchev–Trinajstić information content (AvgIpc) is 3.41. The molecule has 1 aliphatic heterocycles. The number of aliphatic hydroxyl groups excluding tert-OH is 1. The lowest BCUT2D eigenvalue weighted by Crippen LogP contribution is -2.45. The van der Waals surface area contributed by atoms with Gasteiger partial charge in [0.1, 0.15) is 17.3 Å². The molecule has 2 heterocycles. The van der Waals surface area contributed by atoms with Crippen LogP contribution in [0.15, 0.2) is 48.5 Å². The molecule has 1 fully saturated rings. The summed E-state index contributed by atoms with van der Waals surface area (Å²) in [4.78, 5) is 5.45. The minimum Gasteiger partial charge on any atom is -0.385 e. The predicted molar refractivity (Wildman–Crippen MR) is 128 cm³/mol. The van der Waals surface area contributed by atoms with E-state index in [0.717, 1.165) is 23.1 Å². The zero-order valence-corrected chi connectivity index (χ0v) is 19.4. The maximum absolute atomic E-state index is 11.1. The standard InChI is InChI=1S/C29H29N2O/c1-28(2,3)14-16-9-7-11-19-23(16)30-27-25-21-17(22-24(26(22)32)31(19)25)13-12-15-8-6-10-18(20(15)21)29(27,4)5/h6-13,22,24,26,32H,14H2,1-5H3/q+1. The molecule has 32 heavy (non-hydrogen) atoms. The lowest BCUT2D eigenvalue weighted by atomic mass is 9.70. The van der Waals surface area contributed by atoms with E-state index in [1.54, 1.807) is 0 Å². The number of fused-ring (bicyclic) bond motifs is 5. The number of aromatic nitrogens is 2. The summed E-state index contributed by atoms with van der Waals surface area (Å²) in [6.07, 6.45) is 0.639. The lowest BCUT2D eigenvalue weighted by molar-refractivity contribution is -0.670. The van der Waals surface area contributed by atoms with Gasteiger partial charge in [0.2, 0.25) is 11.2 Å². The molecule has 3 unspecified atom stereocenters. The highest BCUT2D eigenvalue weighted by Crippen LogP contribution is 2.60. The van der Waals surface area contributed by atoms with Crippen LogP contribution < -0.4 is 4.57 Å². The molecule has 4 aromatic rings. The molecule has 3 atom stereocenters. The van der Waals surface area contributed by atoms with Gasteiger partial charge in [-0.2, -0.15) is 4.57 Å². The van der Waals surface area contributed by atoms with Crippen molar-refractivity contribution in [2.75, 3.05) is 0 Å². The number of benzene rings is 3. The molecule has 3 aromatic carbocycles. The number of hydrogen-bond acceptors (Lipinski definition) is 2. The monoisotopic (exact) mass is 421 g/mol. The highest BCUT2D eigenvalue weighted by atomic mass is 16.3. The van der Waals surface area contributed by atoms with Gasteiger partial charge >= 0.3 is 0 Å². The first-order chi connectivity index (χ1) is 15.2. The maximum atomic E-state index is 11.1. The molecule has 0 saturated heterocycles. The van der Waals surface area contributed by atoms with E-state index >= 15 is 0 Å². The van der Waals surface area contributed by atoms with Gasteiger partial charge < -0.3 is 5.11 Å². The summed E-state index contributed by atoms with van der Waals surface area (Å²) in [7, 11) is 0. The molecule has 1 aromatic heterocycles.